The first-order chi connectivity index (χ1) is 10.3. The van der Waals surface area contributed by atoms with Crippen LogP contribution in [0.1, 0.15) is 11.6 Å². The van der Waals surface area contributed by atoms with E-state index in [9.17, 15) is 0 Å². The predicted octanol–water partition coefficient (Wildman–Crippen LogP) is 1.15. The number of aromatic nitrogens is 5. The van der Waals surface area contributed by atoms with Crippen LogP contribution in [0.25, 0.3) is 11.2 Å². The minimum Gasteiger partial charge on any atom is -0.352 e. The van der Waals surface area contributed by atoms with E-state index in [4.69, 9.17) is 5.26 Å². The van der Waals surface area contributed by atoms with E-state index in [0.717, 1.165) is 24.4 Å². The second kappa shape index (κ2) is 4.52. The maximum atomic E-state index is 8.82. The van der Waals surface area contributed by atoms with Gasteiger partial charge in [-0.1, -0.05) is 0 Å². The lowest BCUT2D eigenvalue weighted by Crippen LogP contribution is -2.48. The molecule has 0 aliphatic carbocycles. The molecule has 0 unspecified atom stereocenters. The maximum Gasteiger partial charge on any atom is 0.180 e. The summed E-state index contributed by atoms with van der Waals surface area (Å²) in [6.07, 6.45) is 6.67. The summed E-state index contributed by atoms with van der Waals surface area (Å²) in [5, 5.41) is 13.0. The van der Waals surface area contributed by atoms with Gasteiger partial charge in [0.15, 0.2) is 5.65 Å². The Bertz CT molecular complexity index is 842. The molecule has 1 fully saturated rings. The highest BCUT2D eigenvalue weighted by Crippen LogP contribution is 2.26. The molecule has 0 aromatic carbocycles. The molecule has 3 aromatic heterocycles. The van der Waals surface area contributed by atoms with Crippen LogP contribution in [0.5, 0.6) is 0 Å². The van der Waals surface area contributed by atoms with E-state index in [1.165, 1.54) is 0 Å². The lowest BCUT2D eigenvalue weighted by Gasteiger charge is -2.40. The van der Waals surface area contributed by atoms with Crippen LogP contribution in [0, 0.1) is 11.3 Å². The van der Waals surface area contributed by atoms with Crippen LogP contribution in [0.2, 0.25) is 0 Å². The van der Waals surface area contributed by atoms with Gasteiger partial charge in [-0.05, 0) is 12.1 Å². The fourth-order valence-corrected chi connectivity index (χ4v) is 2.43. The first-order valence-corrected chi connectivity index (χ1v) is 6.60. The molecule has 21 heavy (non-hydrogen) atoms. The second-order valence-electron chi connectivity index (χ2n) is 4.95. The summed E-state index contributed by atoms with van der Waals surface area (Å²) < 4.78 is 1.84. The van der Waals surface area contributed by atoms with Gasteiger partial charge in [-0.3, -0.25) is 9.67 Å². The number of rotatable bonds is 2. The van der Waals surface area contributed by atoms with Crippen LogP contribution in [0.15, 0.2) is 36.9 Å². The van der Waals surface area contributed by atoms with Crippen LogP contribution in [0.3, 0.4) is 0 Å². The predicted molar refractivity (Wildman–Crippen MR) is 75.5 cm³/mol. The zero-order valence-corrected chi connectivity index (χ0v) is 11.1. The standard InChI is InChI=1S/C14H11N7/c15-5-10-6-18-21(7-10)11-8-20(9-11)13-2-1-12-14(19-13)17-4-3-16-12/h1-4,6-7,11H,8-9H2. The molecule has 0 amide bonds. The minimum absolute atomic E-state index is 0.284. The summed E-state index contributed by atoms with van der Waals surface area (Å²) in [5.41, 5.74) is 2.04. The van der Waals surface area contributed by atoms with Gasteiger partial charge >= 0.3 is 0 Å². The Morgan fingerprint density at radius 1 is 1.19 bits per heavy atom. The van der Waals surface area contributed by atoms with Gasteiger partial charge in [0.1, 0.15) is 17.4 Å². The number of hydrogen-bond donors (Lipinski definition) is 0. The van der Waals surface area contributed by atoms with Gasteiger partial charge in [0.2, 0.25) is 0 Å². The molecular formula is C14H11N7. The van der Waals surface area contributed by atoms with Crippen molar-refractivity contribution < 1.29 is 0 Å². The van der Waals surface area contributed by atoms with Gasteiger partial charge in [0.25, 0.3) is 0 Å². The molecule has 4 heterocycles. The summed E-state index contributed by atoms with van der Waals surface area (Å²) in [7, 11) is 0. The number of nitrogens with zero attached hydrogens (tertiary/aromatic N) is 7. The van der Waals surface area contributed by atoms with Crippen molar-refractivity contribution in [2.75, 3.05) is 18.0 Å². The third-order valence-electron chi connectivity index (χ3n) is 3.61. The van der Waals surface area contributed by atoms with Gasteiger partial charge in [-0.2, -0.15) is 10.4 Å². The van der Waals surface area contributed by atoms with Crippen LogP contribution < -0.4 is 4.90 Å². The highest BCUT2D eigenvalue weighted by molar-refractivity contribution is 5.71. The van der Waals surface area contributed by atoms with E-state index in [0.29, 0.717) is 11.2 Å². The van der Waals surface area contributed by atoms with Gasteiger partial charge in [-0.15, -0.1) is 0 Å². The van der Waals surface area contributed by atoms with Crippen LogP contribution >= 0.6 is 0 Å². The molecule has 0 spiro atoms. The Morgan fingerprint density at radius 3 is 2.86 bits per heavy atom. The molecule has 0 radical (unpaired) electrons. The number of pyridine rings is 1. The Balaban J connectivity index is 1.52. The fraction of sp³-hybridized carbons (Fsp3) is 0.214. The Labute approximate surface area is 120 Å². The van der Waals surface area contributed by atoms with Crippen molar-refractivity contribution in [2.24, 2.45) is 0 Å². The highest BCUT2D eigenvalue weighted by Gasteiger charge is 2.30. The first-order valence-electron chi connectivity index (χ1n) is 6.60. The van der Waals surface area contributed by atoms with E-state index in [-0.39, 0.29) is 6.04 Å². The summed E-state index contributed by atoms with van der Waals surface area (Å²) in [5.74, 6) is 0.895. The lowest BCUT2D eigenvalue weighted by molar-refractivity contribution is 0.366. The Kier molecular flexibility index (Phi) is 2.54. The van der Waals surface area contributed by atoms with Crippen LogP contribution in [0.4, 0.5) is 5.82 Å². The van der Waals surface area contributed by atoms with Crippen molar-refractivity contribution in [1.29, 1.82) is 5.26 Å². The lowest BCUT2D eigenvalue weighted by atomic mass is 10.1. The zero-order chi connectivity index (χ0) is 14.2. The summed E-state index contributed by atoms with van der Waals surface area (Å²) in [6.45, 7) is 1.65. The molecule has 1 aliphatic heterocycles. The van der Waals surface area contributed by atoms with Crippen molar-refractivity contribution in [1.82, 2.24) is 24.7 Å². The molecule has 1 aliphatic rings. The Hall–Kier alpha value is -3.01. The minimum atomic E-state index is 0.284. The molecule has 0 atom stereocenters. The van der Waals surface area contributed by atoms with Crippen LogP contribution in [-0.2, 0) is 0 Å². The van der Waals surface area contributed by atoms with Gasteiger partial charge in [0, 0.05) is 31.7 Å². The average molecular weight is 277 g/mol. The highest BCUT2D eigenvalue weighted by atomic mass is 15.4. The molecule has 4 rings (SSSR count). The molecule has 3 aromatic rings. The average Bonchev–Trinajstić information content (AvgIpc) is 2.94. The molecule has 0 N–H and O–H groups in total. The molecule has 7 heteroatoms. The van der Waals surface area contributed by atoms with Crippen molar-refractivity contribution >= 4 is 17.0 Å². The maximum absolute atomic E-state index is 8.82. The summed E-state index contributed by atoms with van der Waals surface area (Å²) in [4.78, 5) is 15.1. The van der Waals surface area contributed by atoms with Gasteiger partial charge < -0.3 is 4.90 Å². The largest absolute Gasteiger partial charge is 0.352 e. The quantitative estimate of drug-likeness (QED) is 0.698. The third-order valence-corrected chi connectivity index (χ3v) is 3.61. The van der Waals surface area contributed by atoms with Crippen molar-refractivity contribution in [3.63, 3.8) is 0 Å². The summed E-state index contributed by atoms with van der Waals surface area (Å²) >= 11 is 0. The molecular weight excluding hydrogens is 266 g/mol. The zero-order valence-electron chi connectivity index (χ0n) is 11.1. The number of hydrogen-bond acceptors (Lipinski definition) is 6. The SMILES string of the molecule is N#Cc1cnn(C2CN(c3ccc4nccnc4n3)C2)c1. The molecule has 1 saturated heterocycles. The molecule has 102 valence electrons. The van der Waals surface area contributed by atoms with Crippen LogP contribution in [-0.4, -0.2) is 37.8 Å². The smallest absolute Gasteiger partial charge is 0.180 e. The number of nitriles is 1. The Morgan fingerprint density at radius 2 is 2.05 bits per heavy atom. The fourth-order valence-electron chi connectivity index (χ4n) is 2.43. The third kappa shape index (κ3) is 1.97. The van der Waals surface area contributed by atoms with Crippen molar-refractivity contribution in [2.45, 2.75) is 6.04 Å². The number of fused-ring (bicyclic) bond motifs is 1. The van der Waals surface area contributed by atoms with E-state index >= 15 is 0 Å². The summed E-state index contributed by atoms with van der Waals surface area (Å²) in [6, 6.07) is 6.26. The monoisotopic (exact) mass is 277 g/mol. The van der Waals surface area contributed by atoms with E-state index in [1.807, 2.05) is 16.8 Å². The second-order valence-corrected chi connectivity index (χ2v) is 4.95. The van der Waals surface area contributed by atoms with Crippen molar-refractivity contribution in [3.8, 4) is 6.07 Å². The van der Waals surface area contributed by atoms with E-state index < -0.39 is 0 Å². The van der Waals surface area contributed by atoms with E-state index in [1.54, 1.807) is 24.8 Å². The number of anilines is 1. The topological polar surface area (TPSA) is 83.5 Å². The van der Waals surface area contributed by atoms with Gasteiger partial charge in [0.05, 0.1) is 17.8 Å². The molecule has 0 bridgehead atoms. The normalized spacial score (nSPS) is 14.9. The van der Waals surface area contributed by atoms with Gasteiger partial charge in [-0.25, -0.2) is 9.97 Å². The van der Waals surface area contributed by atoms with E-state index in [2.05, 4.69) is 31.0 Å². The first kappa shape index (κ1) is 11.8. The molecule has 0 saturated carbocycles. The molecule has 7 nitrogen and oxygen atoms in total. The van der Waals surface area contributed by atoms with Crippen molar-refractivity contribution in [3.05, 3.63) is 42.5 Å².